The third kappa shape index (κ3) is 2.53. The number of anilines is 1. The largest absolute Gasteiger partial charge is 0.393 e. The first-order valence-electron chi connectivity index (χ1n) is 4.92. The van der Waals surface area contributed by atoms with Crippen molar-refractivity contribution in [3.8, 4) is 0 Å². The molecule has 1 N–H and O–H groups in total. The van der Waals surface area contributed by atoms with Crippen LogP contribution in [0.1, 0.15) is 17.5 Å². The van der Waals surface area contributed by atoms with Gasteiger partial charge in [-0.05, 0) is 23.6 Å². The number of fused-ring (bicyclic) bond motifs is 1. The second-order valence-corrected chi connectivity index (χ2v) is 3.83. The molecule has 1 heterocycles. The Hall–Kier alpha value is -1.52. The van der Waals surface area contributed by atoms with Crippen LogP contribution in [-0.4, -0.2) is 12.1 Å². The summed E-state index contributed by atoms with van der Waals surface area (Å²) in [5.74, 6) is -0.0870. The molecule has 1 aromatic rings. The Bertz CT molecular complexity index is 426. The lowest BCUT2D eigenvalue weighted by Gasteiger charge is -2.17. The van der Waals surface area contributed by atoms with E-state index in [1.807, 2.05) is 0 Å². The summed E-state index contributed by atoms with van der Waals surface area (Å²) in [6, 6.07) is 4.45. The molecule has 0 bridgehead atoms. The van der Waals surface area contributed by atoms with Crippen molar-refractivity contribution in [2.75, 3.05) is 5.32 Å². The fraction of sp³-hybridized carbons (Fsp3) is 0.364. The number of nitrogens with one attached hydrogen (secondary N) is 1. The summed E-state index contributed by atoms with van der Waals surface area (Å²) in [5, 5.41) is 2.63. The van der Waals surface area contributed by atoms with Gasteiger partial charge in [0.1, 0.15) is 0 Å². The maximum absolute atomic E-state index is 12.2. The molecule has 0 radical (unpaired) electrons. The molecule has 0 aliphatic carbocycles. The van der Waals surface area contributed by atoms with E-state index in [0.717, 1.165) is 5.56 Å². The molecule has 0 aromatic heterocycles. The molecule has 86 valence electrons. The van der Waals surface area contributed by atoms with Crippen LogP contribution in [0.15, 0.2) is 18.2 Å². The van der Waals surface area contributed by atoms with E-state index in [9.17, 15) is 18.0 Å². The van der Waals surface area contributed by atoms with Gasteiger partial charge in [-0.1, -0.05) is 12.1 Å². The van der Waals surface area contributed by atoms with Crippen molar-refractivity contribution in [2.45, 2.75) is 25.4 Å². The highest BCUT2D eigenvalue weighted by molar-refractivity contribution is 5.93. The van der Waals surface area contributed by atoms with Crippen molar-refractivity contribution < 1.29 is 18.0 Å². The van der Waals surface area contributed by atoms with Gasteiger partial charge in [0.05, 0.1) is 6.42 Å². The Labute approximate surface area is 90.5 Å². The Morgan fingerprint density at radius 3 is 2.69 bits per heavy atom. The summed E-state index contributed by atoms with van der Waals surface area (Å²) >= 11 is 0. The van der Waals surface area contributed by atoms with E-state index < -0.39 is 12.6 Å². The minimum absolute atomic E-state index is 0.0870. The van der Waals surface area contributed by atoms with Gasteiger partial charge < -0.3 is 5.32 Å². The lowest BCUT2D eigenvalue weighted by atomic mass is 9.99. The lowest BCUT2D eigenvalue weighted by Crippen LogP contribution is -2.19. The molecule has 0 fully saturated rings. The molecule has 1 aromatic carbocycles. The molecule has 1 aliphatic heterocycles. The van der Waals surface area contributed by atoms with Gasteiger partial charge >= 0.3 is 6.18 Å². The highest BCUT2D eigenvalue weighted by atomic mass is 19.4. The number of benzene rings is 1. The molecule has 0 atom stereocenters. The van der Waals surface area contributed by atoms with Gasteiger partial charge in [0.2, 0.25) is 5.91 Å². The summed E-state index contributed by atoms with van der Waals surface area (Å²) in [6.45, 7) is 0. The van der Waals surface area contributed by atoms with Gasteiger partial charge in [0, 0.05) is 12.1 Å². The van der Waals surface area contributed by atoms with Crippen LogP contribution < -0.4 is 5.32 Å². The molecule has 1 aliphatic rings. The topological polar surface area (TPSA) is 29.1 Å². The molecule has 1 amide bonds. The van der Waals surface area contributed by atoms with E-state index in [2.05, 4.69) is 5.32 Å². The Kier molecular flexibility index (Phi) is 2.61. The predicted octanol–water partition coefficient (Wildman–Crippen LogP) is 2.68. The van der Waals surface area contributed by atoms with E-state index in [1.165, 1.54) is 18.2 Å². The highest BCUT2D eigenvalue weighted by Gasteiger charge is 2.28. The Morgan fingerprint density at radius 2 is 2.00 bits per heavy atom. The number of hydrogen-bond donors (Lipinski definition) is 1. The fourth-order valence-electron chi connectivity index (χ4n) is 1.78. The average molecular weight is 229 g/mol. The Balaban J connectivity index is 2.23. The zero-order valence-corrected chi connectivity index (χ0v) is 8.40. The Morgan fingerprint density at radius 1 is 1.25 bits per heavy atom. The SMILES string of the molecule is O=C1CCc2cc(CC(F)(F)F)ccc2N1. The van der Waals surface area contributed by atoms with E-state index in [0.29, 0.717) is 18.5 Å². The van der Waals surface area contributed by atoms with E-state index in [4.69, 9.17) is 0 Å². The number of rotatable bonds is 1. The zero-order valence-electron chi connectivity index (χ0n) is 8.40. The second kappa shape index (κ2) is 3.81. The molecule has 0 unspecified atom stereocenters. The normalized spacial score (nSPS) is 15.6. The lowest BCUT2D eigenvalue weighted by molar-refractivity contribution is -0.127. The number of amides is 1. The van der Waals surface area contributed by atoms with Gasteiger partial charge in [0.25, 0.3) is 0 Å². The van der Waals surface area contributed by atoms with Crippen molar-refractivity contribution >= 4 is 11.6 Å². The van der Waals surface area contributed by atoms with Crippen LogP contribution in [0.25, 0.3) is 0 Å². The fourth-order valence-corrected chi connectivity index (χ4v) is 1.78. The van der Waals surface area contributed by atoms with Gasteiger partial charge in [-0.3, -0.25) is 4.79 Å². The number of halogens is 3. The first kappa shape index (κ1) is 11.0. The maximum atomic E-state index is 12.2. The summed E-state index contributed by atoms with van der Waals surface area (Å²) in [7, 11) is 0. The highest BCUT2D eigenvalue weighted by Crippen LogP contribution is 2.27. The molecule has 2 rings (SSSR count). The van der Waals surface area contributed by atoms with Gasteiger partial charge in [-0.25, -0.2) is 0 Å². The number of carbonyl (C=O) groups is 1. The smallest absolute Gasteiger partial charge is 0.326 e. The number of hydrogen-bond acceptors (Lipinski definition) is 1. The number of aryl methyl sites for hydroxylation is 1. The van der Waals surface area contributed by atoms with E-state index in [1.54, 1.807) is 0 Å². The van der Waals surface area contributed by atoms with Crippen LogP contribution in [0.5, 0.6) is 0 Å². The maximum Gasteiger partial charge on any atom is 0.393 e. The van der Waals surface area contributed by atoms with Crippen LogP contribution in [-0.2, 0) is 17.6 Å². The van der Waals surface area contributed by atoms with Crippen LogP contribution in [0.2, 0.25) is 0 Å². The predicted molar refractivity (Wildman–Crippen MR) is 53.2 cm³/mol. The number of carbonyl (C=O) groups excluding carboxylic acids is 1. The molecule has 0 saturated carbocycles. The third-order valence-electron chi connectivity index (χ3n) is 2.47. The van der Waals surface area contributed by atoms with Crippen molar-refractivity contribution in [3.63, 3.8) is 0 Å². The van der Waals surface area contributed by atoms with Gasteiger partial charge in [-0.15, -0.1) is 0 Å². The van der Waals surface area contributed by atoms with Gasteiger partial charge in [-0.2, -0.15) is 13.2 Å². The summed E-state index contributed by atoms with van der Waals surface area (Å²) in [4.78, 5) is 11.0. The van der Waals surface area contributed by atoms with Crippen molar-refractivity contribution in [2.24, 2.45) is 0 Å². The minimum Gasteiger partial charge on any atom is -0.326 e. The van der Waals surface area contributed by atoms with Crippen molar-refractivity contribution in [1.29, 1.82) is 0 Å². The van der Waals surface area contributed by atoms with Crippen LogP contribution in [0.4, 0.5) is 18.9 Å². The quantitative estimate of drug-likeness (QED) is 0.788. The van der Waals surface area contributed by atoms with Crippen LogP contribution in [0, 0.1) is 0 Å². The van der Waals surface area contributed by atoms with E-state index in [-0.39, 0.29) is 11.5 Å². The molecular formula is C11H10F3NO. The molecule has 0 saturated heterocycles. The molecule has 5 heteroatoms. The summed E-state index contributed by atoms with van der Waals surface area (Å²) in [6.07, 6.45) is -4.27. The van der Waals surface area contributed by atoms with Crippen LogP contribution in [0.3, 0.4) is 0 Å². The van der Waals surface area contributed by atoms with Crippen LogP contribution >= 0.6 is 0 Å². The van der Waals surface area contributed by atoms with E-state index >= 15 is 0 Å². The summed E-state index contributed by atoms with van der Waals surface area (Å²) < 4.78 is 36.5. The molecule has 0 spiro atoms. The molecule has 16 heavy (non-hydrogen) atoms. The second-order valence-electron chi connectivity index (χ2n) is 3.83. The molecule has 2 nitrogen and oxygen atoms in total. The zero-order chi connectivity index (χ0) is 11.8. The summed E-state index contributed by atoms with van der Waals surface area (Å²) in [5.41, 5.74) is 1.64. The molecular weight excluding hydrogens is 219 g/mol. The van der Waals surface area contributed by atoms with Gasteiger partial charge in [0.15, 0.2) is 0 Å². The number of alkyl halides is 3. The minimum atomic E-state index is -4.19. The van der Waals surface area contributed by atoms with Crippen molar-refractivity contribution in [3.05, 3.63) is 29.3 Å². The first-order valence-corrected chi connectivity index (χ1v) is 4.92. The monoisotopic (exact) mass is 229 g/mol. The standard InChI is InChI=1S/C11H10F3NO/c12-11(13,14)6-7-1-3-9-8(5-7)2-4-10(16)15-9/h1,3,5H,2,4,6H2,(H,15,16). The first-order chi connectivity index (χ1) is 7.44. The average Bonchev–Trinajstić information content (AvgIpc) is 2.16. The van der Waals surface area contributed by atoms with Crippen molar-refractivity contribution in [1.82, 2.24) is 0 Å². The third-order valence-corrected chi connectivity index (χ3v) is 2.47.